The molecule has 0 radical (unpaired) electrons. The van der Waals surface area contributed by atoms with Gasteiger partial charge in [0.2, 0.25) is 0 Å². The van der Waals surface area contributed by atoms with E-state index in [0.717, 1.165) is 19.2 Å². The van der Waals surface area contributed by atoms with Crippen LogP contribution in [0.1, 0.15) is 13.3 Å². The van der Waals surface area contributed by atoms with Crippen LogP contribution in [0.4, 0.5) is 0 Å². The minimum Gasteiger partial charge on any atom is -0.481 e. The van der Waals surface area contributed by atoms with Crippen LogP contribution in [0.25, 0.3) is 0 Å². The fraction of sp³-hybridized carbons (Fsp3) is 0.583. The molecule has 10 nitrogen and oxygen atoms in total. The van der Waals surface area contributed by atoms with Crippen molar-refractivity contribution in [3.8, 4) is 0 Å². The van der Waals surface area contributed by atoms with Crippen LogP contribution in [0.15, 0.2) is 21.9 Å². The van der Waals surface area contributed by atoms with Crippen molar-refractivity contribution in [2.45, 2.75) is 36.9 Å². The van der Waals surface area contributed by atoms with E-state index in [-0.39, 0.29) is 0 Å². The van der Waals surface area contributed by atoms with Crippen LogP contribution in [-0.2, 0) is 15.3 Å². The molecule has 22 heavy (non-hydrogen) atoms. The molecule has 0 unspecified atom stereocenters. The lowest BCUT2D eigenvalue weighted by Gasteiger charge is -2.39. The summed E-state index contributed by atoms with van der Waals surface area (Å²) in [5, 5.41) is 38.9. The number of aliphatic hydroxyl groups excluding tert-OH is 2. The van der Waals surface area contributed by atoms with Crippen molar-refractivity contribution >= 4 is 5.97 Å². The highest BCUT2D eigenvalue weighted by molar-refractivity contribution is 5.68. The van der Waals surface area contributed by atoms with Crippen molar-refractivity contribution in [1.29, 1.82) is 0 Å². The first-order valence-electron chi connectivity index (χ1n) is 6.39. The summed E-state index contributed by atoms with van der Waals surface area (Å²) in [6.45, 7) is 0.393. The standard InChI is InChI=1S/C12H16N2O8/c1-11(21)9(19)6(5-15)22-12(11,4-8(17)18)14-3-2-7(16)13-10(14)20/h2-3,6,9,15,19,21H,4-5H2,1H3,(H,17,18)(H,13,16,20)/t6-,9-,11-,12-/m1/s1. The van der Waals surface area contributed by atoms with Crippen LogP contribution in [-0.4, -0.2) is 60.4 Å². The molecule has 0 saturated carbocycles. The second kappa shape index (κ2) is 5.32. The normalized spacial score (nSPS) is 34.7. The zero-order valence-corrected chi connectivity index (χ0v) is 11.6. The molecule has 1 fully saturated rings. The van der Waals surface area contributed by atoms with Crippen molar-refractivity contribution in [2.75, 3.05) is 6.61 Å². The van der Waals surface area contributed by atoms with Crippen molar-refractivity contribution in [3.63, 3.8) is 0 Å². The SMILES string of the molecule is C[C@@]1(O)[C@H](O)[C@@H](CO)O[C@@]1(CC(=O)O)n1ccc(=O)[nH]c1=O. The number of aromatic nitrogens is 2. The number of nitrogens with zero attached hydrogens (tertiary/aromatic N) is 1. The van der Waals surface area contributed by atoms with Gasteiger partial charge in [-0.3, -0.25) is 19.1 Å². The van der Waals surface area contributed by atoms with E-state index in [4.69, 9.17) is 9.84 Å². The summed E-state index contributed by atoms with van der Waals surface area (Å²) in [7, 11) is 0. The highest BCUT2D eigenvalue weighted by Crippen LogP contribution is 2.45. The molecular weight excluding hydrogens is 300 g/mol. The van der Waals surface area contributed by atoms with E-state index in [1.807, 2.05) is 4.98 Å². The van der Waals surface area contributed by atoms with Gasteiger partial charge >= 0.3 is 11.7 Å². The number of H-pyrrole nitrogens is 1. The maximum atomic E-state index is 12.0. The molecule has 0 spiro atoms. The third kappa shape index (κ3) is 2.25. The maximum Gasteiger partial charge on any atom is 0.330 e. The number of carboxylic acid groups (broad SMARTS) is 1. The minimum absolute atomic E-state index is 0.696. The number of ether oxygens (including phenoxy) is 1. The van der Waals surface area contributed by atoms with Crippen molar-refractivity contribution < 1.29 is 30.0 Å². The Morgan fingerprint density at radius 3 is 2.59 bits per heavy atom. The summed E-state index contributed by atoms with van der Waals surface area (Å²) in [6.07, 6.45) is -2.85. The zero-order chi connectivity index (χ0) is 16.7. The van der Waals surface area contributed by atoms with Gasteiger partial charge in [-0.15, -0.1) is 0 Å². The van der Waals surface area contributed by atoms with Crippen LogP contribution < -0.4 is 11.2 Å². The Kier molecular flexibility index (Phi) is 3.96. The van der Waals surface area contributed by atoms with Crippen LogP contribution in [0.2, 0.25) is 0 Å². The van der Waals surface area contributed by atoms with Gasteiger partial charge in [-0.25, -0.2) is 4.79 Å². The number of rotatable bonds is 4. The molecule has 2 heterocycles. The Morgan fingerprint density at radius 1 is 1.50 bits per heavy atom. The smallest absolute Gasteiger partial charge is 0.330 e. The zero-order valence-electron chi connectivity index (χ0n) is 11.6. The van der Waals surface area contributed by atoms with E-state index in [9.17, 15) is 29.7 Å². The number of carbonyl (C=O) groups is 1. The first-order valence-corrected chi connectivity index (χ1v) is 6.39. The van der Waals surface area contributed by atoms with E-state index in [1.165, 1.54) is 0 Å². The van der Waals surface area contributed by atoms with Crippen LogP contribution >= 0.6 is 0 Å². The minimum atomic E-state index is -2.21. The van der Waals surface area contributed by atoms with Gasteiger partial charge in [0.15, 0.2) is 5.72 Å². The van der Waals surface area contributed by atoms with Crippen molar-refractivity contribution in [3.05, 3.63) is 33.1 Å². The number of aliphatic carboxylic acids is 1. The largest absolute Gasteiger partial charge is 0.481 e. The van der Waals surface area contributed by atoms with E-state index >= 15 is 0 Å². The number of nitrogens with one attached hydrogen (secondary N) is 1. The summed E-state index contributed by atoms with van der Waals surface area (Å²) in [5.74, 6) is -1.41. The number of carboxylic acids is 1. The fourth-order valence-electron chi connectivity index (χ4n) is 2.68. The molecule has 1 aliphatic heterocycles. The molecule has 10 heteroatoms. The third-order valence-electron chi connectivity index (χ3n) is 3.85. The second-order valence-electron chi connectivity index (χ2n) is 5.27. The molecule has 2 rings (SSSR count). The molecule has 1 aromatic rings. The molecular formula is C12H16N2O8. The third-order valence-corrected chi connectivity index (χ3v) is 3.85. The van der Waals surface area contributed by atoms with Crippen molar-refractivity contribution in [2.24, 2.45) is 0 Å². The van der Waals surface area contributed by atoms with Gasteiger partial charge in [-0.2, -0.15) is 0 Å². The molecule has 1 saturated heterocycles. The summed E-state index contributed by atoms with van der Waals surface area (Å²) < 4.78 is 6.05. The first kappa shape index (κ1) is 16.4. The number of aliphatic hydroxyl groups is 3. The van der Waals surface area contributed by atoms with E-state index < -0.39 is 53.8 Å². The van der Waals surface area contributed by atoms with E-state index in [1.54, 1.807) is 0 Å². The van der Waals surface area contributed by atoms with E-state index in [2.05, 4.69) is 0 Å². The Hall–Kier alpha value is -2.01. The van der Waals surface area contributed by atoms with Gasteiger partial charge in [-0.1, -0.05) is 0 Å². The molecule has 122 valence electrons. The average Bonchev–Trinajstić information content (AvgIpc) is 2.59. The predicted molar refractivity (Wildman–Crippen MR) is 70.1 cm³/mol. The Balaban J connectivity index is 2.71. The Labute approximate surface area is 123 Å². The highest BCUT2D eigenvalue weighted by atomic mass is 16.6. The average molecular weight is 316 g/mol. The molecule has 1 aliphatic rings. The number of hydrogen-bond donors (Lipinski definition) is 5. The van der Waals surface area contributed by atoms with Crippen LogP contribution in [0, 0.1) is 0 Å². The lowest BCUT2D eigenvalue weighted by molar-refractivity contribution is -0.202. The van der Waals surface area contributed by atoms with Crippen LogP contribution in [0.3, 0.4) is 0 Å². The second-order valence-corrected chi connectivity index (χ2v) is 5.27. The molecule has 5 N–H and O–H groups in total. The van der Waals surface area contributed by atoms with Gasteiger partial charge in [0.25, 0.3) is 5.56 Å². The van der Waals surface area contributed by atoms with Crippen LogP contribution in [0.5, 0.6) is 0 Å². The first-order chi connectivity index (χ1) is 10.2. The Morgan fingerprint density at radius 2 is 2.14 bits per heavy atom. The number of aromatic amines is 1. The summed E-state index contributed by atoms with van der Waals surface area (Å²) in [4.78, 5) is 36.2. The summed E-state index contributed by atoms with van der Waals surface area (Å²) in [6, 6.07) is 0.948. The summed E-state index contributed by atoms with van der Waals surface area (Å²) >= 11 is 0. The molecule has 1 aromatic heterocycles. The monoisotopic (exact) mass is 316 g/mol. The van der Waals surface area contributed by atoms with Gasteiger partial charge in [-0.05, 0) is 6.92 Å². The maximum absolute atomic E-state index is 12.0. The van der Waals surface area contributed by atoms with Crippen molar-refractivity contribution in [1.82, 2.24) is 9.55 Å². The number of hydrogen-bond acceptors (Lipinski definition) is 7. The molecule has 0 amide bonds. The van der Waals surface area contributed by atoms with Gasteiger partial charge in [0.05, 0.1) is 13.0 Å². The quantitative estimate of drug-likeness (QED) is 0.397. The molecule has 0 aromatic carbocycles. The molecule has 4 atom stereocenters. The topological polar surface area (TPSA) is 162 Å². The lowest BCUT2D eigenvalue weighted by atomic mass is 9.85. The lowest BCUT2D eigenvalue weighted by Crippen LogP contribution is -2.59. The fourth-order valence-corrected chi connectivity index (χ4v) is 2.68. The van der Waals surface area contributed by atoms with Gasteiger partial charge < -0.3 is 25.2 Å². The predicted octanol–water partition coefficient (Wildman–Crippen LogP) is -2.83. The molecule has 0 bridgehead atoms. The van der Waals surface area contributed by atoms with Gasteiger partial charge in [0, 0.05) is 12.3 Å². The summed E-state index contributed by atoms with van der Waals surface area (Å²) in [5.41, 5.74) is -6.13. The van der Waals surface area contributed by atoms with E-state index in [0.29, 0.717) is 4.57 Å². The molecule has 0 aliphatic carbocycles. The highest BCUT2D eigenvalue weighted by Gasteiger charge is 2.64. The van der Waals surface area contributed by atoms with Gasteiger partial charge in [0.1, 0.15) is 17.8 Å². The Bertz CT molecular complexity index is 693.